The van der Waals surface area contributed by atoms with Crippen molar-refractivity contribution >= 4 is 32.0 Å². The van der Waals surface area contributed by atoms with Gasteiger partial charge in [0.2, 0.25) is 3.79 Å². The van der Waals surface area contributed by atoms with Gasteiger partial charge in [0.25, 0.3) is 0 Å². The summed E-state index contributed by atoms with van der Waals surface area (Å²) in [5, 5.41) is 4.15. The lowest BCUT2D eigenvalue weighted by Gasteiger charge is -1.98. The van der Waals surface area contributed by atoms with Gasteiger partial charge >= 0.3 is 0 Å². The van der Waals surface area contributed by atoms with Gasteiger partial charge in [0, 0.05) is 40.0 Å². The molecule has 0 aliphatic rings. The van der Waals surface area contributed by atoms with E-state index in [4.69, 9.17) is 0 Å². The number of aryl methyl sites for hydroxylation is 2. The fraction of sp³-hybridized carbons (Fsp3) is 0.222. The van der Waals surface area contributed by atoms with E-state index in [-0.39, 0.29) is 3.79 Å². The van der Waals surface area contributed by atoms with Crippen molar-refractivity contribution in [1.29, 1.82) is 0 Å². The highest BCUT2D eigenvalue weighted by molar-refractivity contribution is 14.1. The first kappa shape index (κ1) is 9.57. The van der Waals surface area contributed by atoms with Crippen LogP contribution < -0.4 is 0 Å². The van der Waals surface area contributed by atoms with Crippen LogP contribution in [0.3, 0.4) is 0 Å². The minimum absolute atomic E-state index is 0.0647. The number of halogens is 1. The number of nitrogens with zero attached hydrogens (tertiary/aromatic N) is 3. The van der Waals surface area contributed by atoms with Crippen LogP contribution >= 0.6 is 22.6 Å². The molecule has 0 unspecified atom stereocenters. The summed E-state index contributed by atoms with van der Waals surface area (Å²) < 4.78 is 1.61. The monoisotopic (exact) mass is 301 g/mol. The van der Waals surface area contributed by atoms with Gasteiger partial charge in [0.1, 0.15) is 5.69 Å². The zero-order chi connectivity index (χ0) is 10.3. The Labute approximate surface area is 94.5 Å². The average molecular weight is 301 g/mol. The summed E-state index contributed by atoms with van der Waals surface area (Å²) in [5.74, 6) is 0. The van der Waals surface area contributed by atoms with E-state index >= 15 is 0 Å². The second-order valence-corrected chi connectivity index (χ2v) is 4.09. The van der Waals surface area contributed by atoms with Crippen LogP contribution in [0.1, 0.15) is 21.9 Å². The van der Waals surface area contributed by atoms with Crippen LogP contribution in [-0.2, 0) is 0 Å². The molecule has 72 valence electrons. The third-order valence-corrected chi connectivity index (χ3v) is 2.49. The van der Waals surface area contributed by atoms with E-state index < -0.39 is 0 Å². The van der Waals surface area contributed by atoms with Crippen molar-refractivity contribution in [2.75, 3.05) is 0 Å². The Morgan fingerprint density at radius 3 is 2.79 bits per heavy atom. The number of carbonyl (C=O) groups is 1. The van der Waals surface area contributed by atoms with Crippen molar-refractivity contribution in [3.63, 3.8) is 0 Å². The molecular weight excluding hydrogens is 293 g/mol. The van der Waals surface area contributed by atoms with Gasteiger partial charge in [0.05, 0.1) is 0 Å². The summed E-state index contributed by atoms with van der Waals surface area (Å²) >= 11 is 1.72. The third kappa shape index (κ3) is 1.52. The Balaban J connectivity index is 2.76. The number of hydrogen-bond donors (Lipinski definition) is 0. The summed E-state index contributed by atoms with van der Waals surface area (Å²) in [6, 6.07) is 3.64. The first-order valence-electron chi connectivity index (χ1n) is 4.12. The quantitative estimate of drug-likeness (QED) is 0.597. The molecule has 0 saturated heterocycles. The minimum Gasteiger partial charge on any atom is -0.280 e. The summed E-state index contributed by atoms with van der Waals surface area (Å²) in [6.07, 6.45) is 0. The molecule has 0 N–H and O–H groups in total. The Morgan fingerprint density at radius 1 is 1.43 bits per heavy atom. The molecule has 0 radical (unpaired) electrons. The van der Waals surface area contributed by atoms with Crippen LogP contribution in [0.2, 0.25) is 0 Å². The second-order valence-electron chi connectivity index (χ2n) is 3.11. The first-order chi connectivity index (χ1) is 6.58. The van der Waals surface area contributed by atoms with Crippen molar-refractivity contribution < 1.29 is 4.79 Å². The van der Waals surface area contributed by atoms with Gasteiger partial charge in [0.15, 0.2) is 5.65 Å². The molecule has 2 aromatic rings. The molecule has 0 atom stereocenters. The maximum Gasteiger partial charge on any atom is 0.242 e. The van der Waals surface area contributed by atoms with E-state index in [0.717, 1.165) is 17.0 Å². The topological polar surface area (TPSA) is 47.3 Å². The third-order valence-electron chi connectivity index (χ3n) is 1.93. The molecule has 2 aromatic heterocycles. The SMILES string of the molecule is Cc1cc(C)n2nc(C(=O)I)cc2n1. The van der Waals surface area contributed by atoms with Crippen LogP contribution in [0.15, 0.2) is 12.1 Å². The van der Waals surface area contributed by atoms with Crippen LogP contribution in [0.4, 0.5) is 0 Å². The molecule has 4 nitrogen and oxygen atoms in total. The maximum absolute atomic E-state index is 11.1. The van der Waals surface area contributed by atoms with Crippen molar-refractivity contribution in [2.24, 2.45) is 0 Å². The molecule has 0 amide bonds. The van der Waals surface area contributed by atoms with E-state index in [2.05, 4.69) is 10.1 Å². The molecule has 5 heteroatoms. The molecule has 0 fully saturated rings. The van der Waals surface area contributed by atoms with Gasteiger partial charge < -0.3 is 0 Å². The Morgan fingerprint density at radius 2 is 2.14 bits per heavy atom. The standard InChI is InChI=1S/C9H8IN3O/c1-5-3-6(2)13-8(11-5)4-7(12-13)9(10)14/h3-4H,1-2H3. The molecule has 14 heavy (non-hydrogen) atoms. The number of fused-ring (bicyclic) bond motifs is 1. The fourth-order valence-corrected chi connectivity index (χ4v) is 1.65. The predicted molar refractivity (Wildman–Crippen MR) is 60.8 cm³/mol. The number of rotatable bonds is 1. The number of aromatic nitrogens is 3. The average Bonchev–Trinajstić information content (AvgIpc) is 2.47. The van der Waals surface area contributed by atoms with Crippen LogP contribution in [-0.4, -0.2) is 18.4 Å². The Bertz CT molecular complexity index is 518. The molecule has 0 aliphatic heterocycles. The van der Waals surface area contributed by atoms with Gasteiger partial charge in [-0.3, -0.25) is 4.79 Å². The summed E-state index contributed by atoms with van der Waals surface area (Å²) in [5.41, 5.74) is 3.09. The van der Waals surface area contributed by atoms with E-state index in [9.17, 15) is 4.79 Å². The van der Waals surface area contributed by atoms with Crippen molar-refractivity contribution in [2.45, 2.75) is 13.8 Å². The van der Waals surface area contributed by atoms with Crippen LogP contribution in [0.25, 0.3) is 5.65 Å². The van der Waals surface area contributed by atoms with Gasteiger partial charge in [-0.25, -0.2) is 9.50 Å². The van der Waals surface area contributed by atoms with Crippen LogP contribution in [0, 0.1) is 13.8 Å². The lowest BCUT2D eigenvalue weighted by atomic mass is 10.3. The smallest absolute Gasteiger partial charge is 0.242 e. The molecular formula is C9H8IN3O. The number of hydrogen-bond acceptors (Lipinski definition) is 3. The largest absolute Gasteiger partial charge is 0.280 e. The summed E-state index contributed by atoms with van der Waals surface area (Å²) in [6.45, 7) is 3.86. The Hall–Kier alpha value is -0.980. The zero-order valence-corrected chi connectivity index (χ0v) is 9.94. The van der Waals surface area contributed by atoms with Gasteiger partial charge in [-0.05, 0) is 19.9 Å². The van der Waals surface area contributed by atoms with E-state index in [1.165, 1.54) is 0 Å². The maximum atomic E-state index is 11.1. The van der Waals surface area contributed by atoms with Gasteiger partial charge in [-0.2, -0.15) is 5.10 Å². The van der Waals surface area contributed by atoms with E-state index in [1.807, 2.05) is 19.9 Å². The van der Waals surface area contributed by atoms with Crippen molar-refractivity contribution in [1.82, 2.24) is 14.6 Å². The Kier molecular flexibility index (Phi) is 2.26. The van der Waals surface area contributed by atoms with Crippen LogP contribution in [0.5, 0.6) is 0 Å². The summed E-state index contributed by atoms with van der Waals surface area (Å²) in [4.78, 5) is 15.4. The molecule has 0 spiro atoms. The van der Waals surface area contributed by atoms with E-state index in [0.29, 0.717) is 5.69 Å². The first-order valence-corrected chi connectivity index (χ1v) is 5.19. The highest BCUT2D eigenvalue weighted by Gasteiger charge is 2.09. The number of carbonyl (C=O) groups excluding carboxylic acids is 1. The van der Waals surface area contributed by atoms with Gasteiger partial charge in [-0.1, -0.05) is 0 Å². The molecule has 2 heterocycles. The zero-order valence-electron chi connectivity index (χ0n) is 7.78. The molecule has 0 saturated carbocycles. The molecule has 0 aromatic carbocycles. The minimum atomic E-state index is -0.0647. The van der Waals surface area contributed by atoms with Gasteiger partial charge in [-0.15, -0.1) is 0 Å². The second kappa shape index (κ2) is 3.30. The predicted octanol–water partition coefficient (Wildman–Crippen LogP) is 1.92. The van der Waals surface area contributed by atoms with E-state index in [1.54, 1.807) is 33.2 Å². The normalized spacial score (nSPS) is 10.8. The highest BCUT2D eigenvalue weighted by atomic mass is 127. The highest BCUT2D eigenvalue weighted by Crippen LogP contribution is 2.11. The summed E-state index contributed by atoms with van der Waals surface area (Å²) in [7, 11) is 0. The lowest BCUT2D eigenvalue weighted by Crippen LogP contribution is -1.98. The lowest BCUT2D eigenvalue weighted by molar-refractivity contribution is 0.110. The van der Waals surface area contributed by atoms with Crippen molar-refractivity contribution in [3.8, 4) is 0 Å². The molecule has 0 bridgehead atoms. The van der Waals surface area contributed by atoms with Crippen molar-refractivity contribution in [3.05, 3.63) is 29.2 Å². The fourth-order valence-electron chi connectivity index (χ4n) is 1.38. The molecule has 2 rings (SSSR count). The molecule has 0 aliphatic carbocycles.